The lowest BCUT2D eigenvalue weighted by atomic mass is 10.1. The predicted octanol–water partition coefficient (Wildman–Crippen LogP) is 3.72. The first-order valence-corrected chi connectivity index (χ1v) is 7.22. The van der Waals surface area contributed by atoms with Gasteiger partial charge in [0.1, 0.15) is 12.9 Å². The van der Waals surface area contributed by atoms with Gasteiger partial charge in [-0.25, -0.2) is 0 Å². The quantitative estimate of drug-likeness (QED) is 0.319. The van der Waals surface area contributed by atoms with Crippen LogP contribution in [-0.2, 0) is 13.0 Å². The van der Waals surface area contributed by atoms with Crippen LogP contribution in [0.3, 0.4) is 0 Å². The number of rotatable bonds is 8. The van der Waals surface area contributed by atoms with Gasteiger partial charge in [-0.05, 0) is 36.2 Å². The van der Waals surface area contributed by atoms with Gasteiger partial charge in [-0.15, -0.1) is 6.58 Å². The summed E-state index contributed by atoms with van der Waals surface area (Å²) in [5.41, 5.74) is 2.09. The van der Waals surface area contributed by atoms with Crippen LogP contribution in [0.15, 0.2) is 49.1 Å². The van der Waals surface area contributed by atoms with E-state index in [4.69, 9.17) is 9.47 Å². The highest BCUT2D eigenvalue weighted by Crippen LogP contribution is 2.34. The van der Waals surface area contributed by atoms with Crippen molar-refractivity contribution in [3.8, 4) is 11.5 Å². The Labute approximate surface area is 139 Å². The van der Waals surface area contributed by atoms with Crippen molar-refractivity contribution in [3.05, 3.63) is 75.9 Å². The zero-order valence-electron chi connectivity index (χ0n) is 13.2. The molecule has 0 heterocycles. The van der Waals surface area contributed by atoms with E-state index in [0.717, 1.165) is 17.4 Å². The molecule has 0 aliphatic rings. The maximum absolute atomic E-state index is 11.0. The molecule has 0 spiro atoms. The van der Waals surface area contributed by atoms with Crippen molar-refractivity contribution in [2.75, 3.05) is 7.11 Å². The van der Waals surface area contributed by atoms with E-state index in [1.54, 1.807) is 30.3 Å². The van der Waals surface area contributed by atoms with E-state index in [1.807, 2.05) is 0 Å². The Balaban J connectivity index is 2.25. The largest absolute Gasteiger partial charge is 0.493 e. The minimum atomic E-state index is -0.450. The molecule has 0 N–H and O–H groups in total. The van der Waals surface area contributed by atoms with Crippen LogP contribution in [0.2, 0.25) is 0 Å². The first-order valence-electron chi connectivity index (χ1n) is 7.22. The van der Waals surface area contributed by atoms with Crippen LogP contribution in [0.1, 0.15) is 21.5 Å². The summed E-state index contributed by atoms with van der Waals surface area (Å²) in [4.78, 5) is 21.3. The molecule has 2 aromatic rings. The molecular weight excluding hydrogens is 310 g/mol. The summed E-state index contributed by atoms with van der Waals surface area (Å²) in [6, 6.07) is 9.45. The third-order valence-corrected chi connectivity index (χ3v) is 3.40. The molecule has 2 aromatic carbocycles. The summed E-state index contributed by atoms with van der Waals surface area (Å²) in [6.07, 6.45) is 2.98. The summed E-state index contributed by atoms with van der Waals surface area (Å²) in [6.45, 7) is 3.93. The number of allylic oxidation sites excluding steroid dienone is 1. The lowest BCUT2D eigenvalue weighted by Crippen LogP contribution is -2.02. The van der Waals surface area contributed by atoms with Gasteiger partial charge in [0.05, 0.1) is 12.0 Å². The van der Waals surface area contributed by atoms with E-state index in [0.29, 0.717) is 23.5 Å². The van der Waals surface area contributed by atoms with Crippen molar-refractivity contribution in [2.45, 2.75) is 13.0 Å². The smallest absolute Gasteiger partial charge is 0.269 e. The molecule has 0 aliphatic heterocycles. The average Bonchev–Trinajstić information content (AvgIpc) is 2.60. The van der Waals surface area contributed by atoms with Gasteiger partial charge < -0.3 is 9.47 Å². The van der Waals surface area contributed by atoms with Crippen LogP contribution in [0, 0.1) is 10.1 Å². The van der Waals surface area contributed by atoms with Crippen molar-refractivity contribution < 1.29 is 19.2 Å². The van der Waals surface area contributed by atoms with Crippen molar-refractivity contribution in [1.82, 2.24) is 0 Å². The number of carbonyl (C=O) groups excluding carboxylic acids is 1. The van der Waals surface area contributed by atoms with Crippen molar-refractivity contribution >= 4 is 12.0 Å². The second kappa shape index (κ2) is 7.92. The van der Waals surface area contributed by atoms with Crippen molar-refractivity contribution in [2.24, 2.45) is 0 Å². The fourth-order valence-corrected chi connectivity index (χ4v) is 2.24. The normalized spacial score (nSPS) is 10.0. The van der Waals surface area contributed by atoms with Gasteiger partial charge in [0.25, 0.3) is 5.69 Å². The highest BCUT2D eigenvalue weighted by atomic mass is 16.6. The molecule has 2 rings (SSSR count). The molecule has 0 aromatic heterocycles. The second-order valence-electron chi connectivity index (χ2n) is 5.03. The summed E-state index contributed by atoms with van der Waals surface area (Å²) in [5.74, 6) is 0.986. The standard InChI is InChI=1S/C18H17NO5/c1-3-4-15-9-14(11-20)10-17(23-2)18(15)24-12-13-5-7-16(8-6-13)19(21)22/h3,5-11H,1,4,12H2,2H3. The molecule has 0 aliphatic carbocycles. The van der Waals surface area contributed by atoms with Crippen LogP contribution in [0.5, 0.6) is 11.5 Å². The van der Waals surface area contributed by atoms with Gasteiger partial charge in [0.15, 0.2) is 11.5 Å². The SMILES string of the molecule is C=CCc1cc(C=O)cc(OC)c1OCc1ccc([N+](=O)[O-])cc1. The highest BCUT2D eigenvalue weighted by Gasteiger charge is 2.13. The van der Waals surface area contributed by atoms with Gasteiger partial charge in [-0.2, -0.15) is 0 Å². The minimum Gasteiger partial charge on any atom is -0.493 e. The summed E-state index contributed by atoms with van der Waals surface area (Å²) in [5, 5.41) is 10.7. The Hall–Kier alpha value is -3.15. The van der Waals surface area contributed by atoms with E-state index < -0.39 is 4.92 Å². The molecule has 124 valence electrons. The first-order chi connectivity index (χ1) is 11.6. The van der Waals surface area contributed by atoms with Crippen molar-refractivity contribution in [1.29, 1.82) is 0 Å². The van der Waals surface area contributed by atoms with E-state index in [9.17, 15) is 14.9 Å². The number of hydrogen-bond donors (Lipinski definition) is 0. The third kappa shape index (κ3) is 3.98. The molecule has 0 saturated carbocycles. The zero-order chi connectivity index (χ0) is 17.5. The Kier molecular flexibility index (Phi) is 5.68. The van der Waals surface area contributed by atoms with Crippen LogP contribution in [0.25, 0.3) is 0 Å². The lowest BCUT2D eigenvalue weighted by molar-refractivity contribution is -0.384. The molecule has 6 heteroatoms. The number of hydrogen-bond acceptors (Lipinski definition) is 5. The van der Waals surface area contributed by atoms with E-state index >= 15 is 0 Å². The number of benzene rings is 2. The average molecular weight is 327 g/mol. The number of carbonyl (C=O) groups is 1. The molecule has 0 radical (unpaired) electrons. The lowest BCUT2D eigenvalue weighted by Gasteiger charge is -2.15. The topological polar surface area (TPSA) is 78.7 Å². The van der Waals surface area contributed by atoms with Crippen molar-refractivity contribution in [3.63, 3.8) is 0 Å². The second-order valence-corrected chi connectivity index (χ2v) is 5.03. The summed E-state index contributed by atoms with van der Waals surface area (Å²) in [7, 11) is 1.50. The number of non-ortho nitro benzene ring substituents is 1. The van der Waals surface area contributed by atoms with E-state index in [-0.39, 0.29) is 12.3 Å². The number of aldehydes is 1. The molecule has 0 amide bonds. The van der Waals surface area contributed by atoms with E-state index in [1.165, 1.54) is 19.2 Å². The number of methoxy groups -OCH3 is 1. The molecule has 24 heavy (non-hydrogen) atoms. The molecule has 0 bridgehead atoms. The van der Waals surface area contributed by atoms with Gasteiger partial charge in [0, 0.05) is 23.3 Å². The first kappa shape index (κ1) is 17.2. The van der Waals surface area contributed by atoms with Gasteiger partial charge in [0.2, 0.25) is 0 Å². The fraction of sp³-hybridized carbons (Fsp3) is 0.167. The minimum absolute atomic E-state index is 0.0269. The maximum Gasteiger partial charge on any atom is 0.269 e. The Morgan fingerprint density at radius 2 is 1.96 bits per heavy atom. The molecule has 0 fully saturated rings. The van der Waals surface area contributed by atoms with Crippen LogP contribution < -0.4 is 9.47 Å². The summed E-state index contributed by atoms with van der Waals surface area (Å²) < 4.78 is 11.1. The molecule has 0 unspecified atom stereocenters. The Bertz CT molecular complexity index is 753. The number of nitro groups is 1. The van der Waals surface area contributed by atoms with Gasteiger partial charge in [-0.3, -0.25) is 14.9 Å². The highest BCUT2D eigenvalue weighted by molar-refractivity contribution is 5.77. The maximum atomic E-state index is 11.0. The van der Waals surface area contributed by atoms with Gasteiger partial charge in [-0.1, -0.05) is 6.08 Å². The third-order valence-electron chi connectivity index (χ3n) is 3.40. The zero-order valence-corrected chi connectivity index (χ0v) is 13.2. The molecule has 6 nitrogen and oxygen atoms in total. The number of ether oxygens (including phenoxy) is 2. The fourth-order valence-electron chi connectivity index (χ4n) is 2.24. The van der Waals surface area contributed by atoms with E-state index in [2.05, 4.69) is 6.58 Å². The van der Waals surface area contributed by atoms with Crippen LogP contribution in [-0.4, -0.2) is 18.3 Å². The Morgan fingerprint density at radius 3 is 2.50 bits per heavy atom. The molecular formula is C18H17NO5. The summed E-state index contributed by atoms with van der Waals surface area (Å²) >= 11 is 0. The van der Waals surface area contributed by atoms with Gasteiger partial charge >= 0.3 is 0 Å². The molecule has 0 atom stereocenters. The predicted molar refractivity (Wildman–Crippen MR) is 89.7 cm³/mol. The van der Waals surface area contributed by atoms with Crippen LogP contribution in [0.4, 0.5) is 5.69 Å². The number of nitro benzene ring substituents is 1. The molecule has 0 saturated heterocycles. The number of nitrogens with zero attached hydrogens (tertiary/aromatic N) is 1. The van der Waals surface area contributed by atoms with Crippen LogP contribution >= 0.6 is 0 Å². The monoisotopic (exact) mass is 327 g/mol. The Morgan fingerprint density at radius 1 is 1.25 bits per heavy atom.